The Bertz CT molecular complexity index is 671. The summed E-state index contributed by atoms with van der Waals surface area (Å²) in [6.07, 6.45) is 0. The van der Waals surface area contributed by atoms with Crippen LogP contribution in [-0.2, 0) is 16.6 Å². The average Bonchev–Trinajstić information content (AvgIpc) is 2.68. The van der Waals surface area contributed by atoms with Gasteiger partial charge in [-0.2, -0.15) is 0 Å². The number of hydrogen-bond acceptors (Lipinski definition) is 4. The second kappa shape index (κ2) is 5.32. The van der Waals surface area contributed by atoms with E-state index in [4.69, 9.17) is 5.73 Å². The molecule has 0 atom stereocenters. The molecule has 0 bridgehead atoms. The van der Waals surface area contributed by atoms with E-state index in [2.05, 4.69) is 4.72 Å². The van der Waals surface area contributed by atoms with Crippen molar-refractivity contribution >= 4 is 27.0 Å². The average molecular weight is 296 g/mol. The standard InChI is InChI=1S/C13H16N2O2S2/c1-9-6-13(18-10(9)2)19(16,17)15-8-11-4-3-5-12(14)7-11/h3-7,15H,8,14H2,1-2H3. The largest absolute Gasteiger partial charge is 0.399 e. The van der Waals surface area contributed by atoms with Crippen molar-refractivity contribution < 1.29 is 8.42 Å². The molecule has 3 N–H and O–H groups in total. The van der Waals surface area contributed by atoms with E-state index >= 15 is 0 Å². The zero-order chi connectivity index (χ0) is 14.0. The number of nitrogen functional groups attached to an aromatic ring is 1. The van der Waals surface area contributed by atoms with Gasteiger partial charge < -0.3 is 5.73 Å². The van der Waals surface area contributed by atoms with Crippen molar-refractivity contribution in [2.75, 3.05) is 5.73 Å². The maximum Gasteiger partial charge on any atom is 0.250 e. The molecular formula is C13H16N2O2S2. The number of nitrogens with one attached hydrogen (secondary N) is 1. The number of aryl methyl sites for hydroxylation is 2. The van der Waals surface area contributed by atoms with E-state index < -0.39 is 10.0 Å². The van der Waals surface area contributed by atoms with Gasteiger partial charge in [0.1, 0.15) is 4.21 Å². The van der Waals surface area contributed by atoms with Crippen molar-refractivity contribution in [3.8, 4) is 0 Å². The van der Waals surface area contributed by atoms with Crippen LogP contribution in [0.5, 0.6) is 0 Å². The van der Waals surface area contributed by atoms with Gasteiger partial charge in [0.25, 0.3) is 0 Å². The van der Waals surface area contributed by atoms with E-state index in [-0.39, 0.29) is 6.54 Å². The molecular weight excluding hydrogens is 280 g/mol. The number of thiophene rings is 1. The summed E-state index contributed by atoms with van der Waals surface area (Å²) >= 11 is 1.28. The molecule has 0 aliphatic rings. The van der Waals surface area contributed by atoms with E-state index in [0.717, 1.165) is 16.0 Å². The van der Waals surface area contributed by atoms with Crippen molar-refractivity contribution in [2.24, 2.45) is 0 Å². The second-order valence-electron chi connectivity index (χ2n) is 4.37. The first-order valence-electron chi connectivity index (χ1n) is 5.79. The molecule has 1 aromatic heterocycles. The highest BCUT2D eigenvalue weighted by Gasteiger charge is 2.17. The van der Waals surface area contributed by atoms with Crippen LogP contribution in [0.25, 0.3) is 0 Å². The van der Waals surface area contributed by atoms with Gasteiger partial charge >= 0.3 is 0 Å². The normalized spacial score (nSPS) is 11.7. The van der Waals surface area contributed by atoms with E-state index in [0.29, 0.717) is 9.90 Å². The van der Waals surface area contributed by atoms with Gasteiger partial charge in [0.15, 0.2) is 0 Å². The lowest BCUT2D eigenvalue weighted by molar-refractivity contribution is 0.583. The van der Waals surface area contributed by atoms with E-state index in [9.17, 15) is 8.42 Å². The molecule has 0 saturated heterocycles. The molecule has 0 amide bonds. The Morgan fingerprint density at radius 2 is 2.00 bits per heavy atom. The molecule has 0 aliphatic heterocycles. The summed E-state index contributed by atoms with van der Waals surface area (Å²) in [5.74, 6) is 0. The number of sulfonamides is 1. The molecule has 2 rings (SSSR count). The first-order chi connectivity index (χ1) is 8.88. The summed E-state index contributed by atoms with van der Waals surface area (Å²) in [6, 6.07) is 8.86. The van der Waals surface area contributed by atoms with Crippen molar-refractivity contribution in [2.45, 2.75) is 24.6 Å². The maximum absolute atomic E-state index is 12.1. The Morgan fingerprint density at radius 3 is 2.58 bits per heavy atom. The zero-order valence-electron chi connectivity index (χ0n) is 10.8. The quantitative estimate of drug-likeness (QED) is 0.851. The second-order valence-corrected chi connectivity index (χ2v) is 7.62. The molecule has 1 aromatic carbocycles. The molecule has 102 valence electrons. The maximum atomic E-state index is 12.1. The Balaban J connectivity index is 2.14. The fraction of sp³-hybridized carbons (Fsp3) is 0.231. The van der Waals surface area contributed by atoms with Crippen LogP contribution in [0.3, 0.4) is 0 Å². The molecule has 4 nitrogen and oxygen atoms in total. The van der Waals surface area contributed by atoms with Gasteiger partial charge in [-0.05, 0) is 43.2 Å². The highest BCUT2D eigenvalue weighted by Crippen LogP contribution is 2.24. The third kappa shape index (κ3) is 3.34. The SMILES string of the molecule is Cc1cc(S(=O)(=O)NCc2cccc(N)c2)sc1C. The Hall–Kier alpha value is -1.37. The van der Waals surface area contributed by atoms with Gasteiger partial charge in [0.2, 0.25) is 10.0 Å². The summed E-state index contributed by atoms with van der Waals surface area (Å²) in [6.45, 7) is 4.06. The van der Waals surface area contributed by atoms with Crippen LogP contribution in [-0.4, -0.2) is 8.42 Å². The van der Waals surface area contributed by atoms with E-state index in [1.807, 2.05) is 19.9 Å². The van der Waals surface area contributed by atoms with Crippen molar-refractivity contribution in [3.63, 3.8) is 0 Å². The van der Waals surface area contributed by atoms with Crippen molar-refractivity contribution in [1.82, 2.24) is 4.72 Å². The highest BCUT2D eigenvalue weighted by molar-refractivity contribution is 7.91. The molecule has 0 spiro atoms. The molecule has 0 fully saturated rings. The summed E-state index contributed by atoms with van der Waals surface area (Å²) in [4.78, 5) is 1.02. The summed E-state index contributed by atoms with van der Waals surface area (Å²) in [5.41, 5.74) is 8.12. The van der Waals surface area contributed by atoms with Crippen LogP contribution in [0.1, 0.15) is 16.0 Å². The number of anilines is 1. The van der Waals surface area contributed by atoms with Crippen LogP contribution in [0.4, 0.5) is 5.69 Å². The molecule has 0 aliphatic carbocycles. The van der Waals surface area contributed by atoms with Crippen LogP contribution in [0.2, 0.25) is 0 Å². The number of nitrogens with two attached hydrogens (primary N) is 1. The molecule has 1 heterocycles. The van der Waals surface area contributed by atoms with E-state index in [1.54, 1.807) is 24.3 Å². The smallest absolute Gasteiger partial charge is 0.250 e. The third-order valence-corrected chi connectivity index (χ3v) is 5.85. The first-order valence-corrected chi connectivity index (χ1v) is 8.09. The highest BCUT2D eigenvalue weighted by atomic mass is 32.2. The minimum atomic E-state index is -3.45. The van der Waals surface area contributed by atoms with Gasteiger partial charge in [-0.1, -0.05) is 12.1 Å². The van der Waals surface area contributed by atoms with Gasteiger partial charge in [-0.3, -0.25) is 0 Å². The summed E-state index contributed by atoms with van der Waals surface area (Å²) in [7, 11) is -3.45. The van der Waals surface area contributed by atoms with Crippen molar-refractivity contribution in [1.29, 1.82) is 0 Å². The minimum absolute atomic E-state index is 0.239. The molecule has 0 unspecified atom stereocenters. The van der Waals surface area contributed by atoms with Crippen LogP contribution in [0.15, 0.2) is 34.5 Å². The topological polar surface area (TPSA) is 72.2 Å². The third-order valence-electron chi connectivity index (χ3n) is 2.83. The molecule has 0 saturated carbocycles. The molecule has 0 radical (unpaired) electrons. The fourth-order valence-electron chi connectivity index (χ4n) is 1.62. The minimum Gasteiger partial charge on any atom is -0.399 e. The van der Waals surface area contributed by atoms with Gasteiger partial charge in [-0.25, -0.2) is 13.1 Å². The van der Waals surface area contributed by atoms with Gasteiger partial charge in [0.05, 0.1) is 0 Å². The Morgan fingerprint density at radius 1 is 1.26 bits per heavy atom. The van der Waals surface area contributed by atoms with Gasteiger partial charge in [-0.15, -0.1) is 11.3 Å². The van der Waals surface area contributed by atoms with Crippen molar-refractivity contribution in [3.05, 3.63) is 46.3 Å². The van der Waals surface area contributed by atoms with Crippen LogP contribution < -0.4 is 10.5 Å². The van der Waals surface area contributed by atoms with Crippen LogP contribution >= 0.6 is 11.3 Å². The molecule has 19 heavy (non-hydrogen) atoms. The summed E-state index contributed by atoms with van der Waals surface area (Å²) in [5, 5.41) is 0. The monoisotopic (exact) mass is 296 g/mol. The fourth-order valence-corrected chi connectivity index (χ4v) is 4.20. The Labute approximate surface area is 117 Å². The first kappa shape index (κ1) is 14.0. The number of rotatable bonds is 4. The predicted molar refractivity (Wildman–Crippen MR) is 78.7 cm³/mol. The molecule has 6 heteroatoms. The van der Waals surface area contributed by atoms with E-state index in [1.165, 1.54) is 11.3 Å². The lowest BCUT2D eigenvalue weighted by Crippen LogP contribution is -2.22. The van der Waals surface area contributed by atoms with Crippen LogP contribution in [0, 0.1) is 13.8 Å². The summed E-state index contributed by atoms with van der Waals surface area (Å²) < 4.78 is 27.2. The lowest BCUT2D eigenvalue weighted by Gasteiger charge is -2.05. The number of hydrogen-bond donors (Lipinski definition) is 2. The Kier molecular flexibility index (Phi) is 3.93. The lowest BCUT2D eigenvalue weighted by atomic mass is 10.2. The number of benzene rings is 1. The molecule has 2 aromatic rings. The van der Waals surface area contributed by atoms with Gasteiger partial charge in [0, 0.05) is 17.1 Å². The predicted octanol–water partition coefficient (Wildman–Crippen LogP) is 2.43. The zero-order valence-corrected chi connectivity index (χ0v) is 12.4.